The van der Waals surface area contributed by atoms with E-state index in [0.29, 0.717) is 32.1 Å². The number of carbonyl (C=O) groups is 1. The lowest BCUT2D eigenvalue weighted by atomic mass is 9.92. The minimum atomic E-state index is -0.797. The Bertz CT molecular complexity index is 584. The first-order valence-corrected chi connectivity index (χ1v) is 9.51. The third-order valence-electron chi connectivity index (χ3n) is 6.01. The smallest absolute Gasteiger partial charge is 0.172 e. The summed E-state index contributed by atoms with van der Waals surface area (Å²) in [4.78, 5) is 12.5. The summed E-state index contributed by atoms with van der Waals surface area (Å²) in [5, 5.41) is 19.8. The average molecular weight is 352 g/mol. The number of fused-ring (bicyclic) bond motifs is 1. The molecule has 1 spiro atoms. The summed E-state index contributed by atoms with van der Waals surface area (Å²) in [5.41, 5.74) is 0.803. The van der Waals surface area contributed by atoms with Crippen molar-refractivity contribution in [1.82, 2.24) is 0 Å². The monoisotopic (exact) mass is 352 g/mol. The normalized spacial score (nSPS) is 47.5. The topological polar surface area (TPSA) is 85.2 Å². The van der Waals surface area contributed by atoms with Crippen LogP contribution in [0.15, 0.2) is 11.3 Å². The molecule has 0 amide bonds. The predicted molar refractivity (Wildman–Crippen MR) is 88.6 cm³/mol. The molecule has 3 saturated heterocycles. The molecule has 6 nitrogen and oxygen atoms in total. The number of Topliss-reactive ketones (excluding diaryl/α,β-unsaturated/α-hetero) is 1. The number of allylic oxidation sites excluding steroid dienone is 1. The predicted octanol–water partition coefficient (Wildman–Crippen LogP) is 1.82. The van der Waals surface area contributed by atoms with Crippen LogP contribution in [0.25, 0.3) is 0 Å². The molecule has 0 aromatic heterocycles. The number of ether oxygens (including phenoxy) is 3. The van der Waals surface area contributed by atoms with Gasteiger partial charge in [0.2, 0.25) is 0 Å². The highest BCUT2D eigenvalue weighted by molar-refractivity contribution is 5.99. The Morgan fingerprint density at radius 2 is 2.12 bits per heavy atom. The molecule has 1 aliphatic carbocycles. The minimum Gasteiger partial charge on any atom is -0.495 e. The van der Waals surface area contributed by atoms with Gasteiger partial charge >= 0.3 is 0 Å². The first-order valence-electron chi connectivity index (χ1n) is 9.51. The molecule has 4 aliphatic rings. The molecule has 0 aromatic carbocycles. The fourth-order valence-electron chi connectivity index (χ4n) is 4.82. The van der Waals surface area contributed by atoms with Gasteiger partial charge in [0.05, 0.1) is 30.5 Å². The first kappa shape index (κ1) is 17.5. The van der Waals surface area contributed by atoms with Crippen LogP contribution in [-0.2, 0) is 19.0 Å². The second kappa shape index (κ2) is 6.34. The molecule has 3 heterocycles. The van der Waals surface area contributed by atoms with Crippen LogP contribution in [0.1, 0.15) is 58.8 Å². The van der Waals surface area contributed by atoms with Crippen molar-refractivity contribution in [1.29, 1.82) is 0 Å². The molecule has 0 aromatic rings. The molecule has 1 saturated carbocycles. The number of rotatable bonds is 3. The summed E-state index contributed by atoms with van der Waals surface area (Å²) in [6, 6.07) is 0. The van der Waals surface area contributed by atoms with Gasteiger partial charge in [-0.1, -0.05) is 0 Å². The molecule has 0 unspecified atom stereocenters. The quantitative estimate of drug-likeness (QED) is 0.754. The van der Waals surface area contributed by atoms with Crippen LogP contribution in [0, 0.1) is 5.92 Å². The van der Waals surface area contributed by atoms with Crippen molar-refractivity contribution in [2.45, 2.75) is 95.1 Å². The van der Waals surface area contributed by atoms with E-state index in [1.54, 1.807) is 6.92 Å². The zero-order chi connectivity index (χ0) is 17.8. The Balaban J connectivity index is 1.49. The molecule has 3 aliphatic heterocycles. The van der Waals surface area contributed by atoms with Crippen LogP contribution >= 0.6 is 0 Å². The second-order valence-electron chi connectivity index (χ2n) is 8.16. The van der Waals surface area contributed by atoms with E-state index in [2.05, 4.69) is 0 Å². The highest BCUT2D eigenvalue weighted by Gasteiger charge is 2.59. The van der Waals surface area contributed by atoms with E-state index in [9.17, 15) is 15.0 Å². The Morgan fingerprint density at radius 3 is 2.80 bits per heavy atom. The Hall–Kier alpha value is -0.950. The van der Waals surface area contributed by atoms with Crippen LogP contribution in [0.5, 0.6) is 0 Å². The molecule has 2 N–H and O–H groups in total. The SMILES string of the molecule is C[C@@H]1CCC(=C2C(=O)C[C@@H]3O[C@@]4(C[C@H]23)C[C@H](O)[C@H](CC[C@@H](C)O)O4)O1. The maximum absolute atomic E-state index is 12.5. The van der Waals surface area contributed by atoms with E-state index in [1.807, 2.05) is 6.92 Å². The van der Waals surface area contributed by atoms with Gasteiger partial charge in [0.1, 0.15) is 5.76 Å². The van der Waals surface area contributed by atoms with Crippen molar-refractivity contribution >= 4 is 5.78 Å². The Labute approximate surface area is 148 Å². The van der Waals surface area contributed by atoms with E-state index < -0.39 is 18.0 Å². The summed E-state index contributed by atoms with van der Waals surface area (Å²) in [7, 11) is 0. The lowest BCUT2D eigenvalue weighted by Gasteiger charge is -2.25. The zero-order valence-corrected chi connectivity index (χ0v) is 14.9. The fourth-order valence-corrected chi connectivity index (χ4v) is 4.82. The van der Waals surface area contributed by atoms with Gasteiger partial charge in [-0.15, -0.1) is 0 Å². The van der Waals surface area contributed by atoms with Crippen molar-refractivity contribution in [2.75, 3.05) is 0 Å². The molecule has 6 heteroatoms. The summed E-state index contributed by atoms with van der Waals surface area (Å²) >= 11 is 0. The minimum absolute atomic E-state index is 0.00974. The van der Waals surface area contributed by atoms with Crippen molar-refractivity contribution < 1.29 is 29.2 Å². The number of carbonyl (C=O) groups excluding carboxylic acids is 1. The molecular weight excluding hydrogens is 324 g/mol. The molecule has 0 radical (unpaired) electrons. The van der Waals surface area contributed by atoms with Crippen LogP contribution in [0.4, 0.5) is 0 Å². The van der Waals surface area contributed by atoms with E-state index in [1.165, 1.54) is 0 Å². The van der Waals surface area contributed by atoms with E-state index in [4.69, 9.17) is 14.2 Å². The molecule has 7 atom stereocenters. The molecule has 0 bridgehead atoms. The van der Waals surface area contributed by atoms with Crippen molar-refractivity contribution in [3.63, 3.8) is 0 Å². The molecule has 140 valence electrons. The largest absolute Gasteiger partial charge is 0.495 e. The molecule has 4 rings (SSSR count). The van der Waals surface area contributed by atoms with Gasteiger partial charge in [0.25, 0.3) is 0 Å². The van der Waals surface area contributed by atoms with Gasteiger partial charge in [-0.3, -0.25) is 4.79 Å². The Kier molecular flexibility index (Phi) is 4.43. The maximum atomic E-state index is 12.5. The van der Waals surface area contributed by atoms with Gasteiger partial charge in [-0.25, -0.2) is 0 Å². The Morgan fingerprint density at radius 1 is 1.32 bits per heavy atom. The lowest BCUT2D eigenvalue weighted by Crippen LogP contribution is -2.30. The van der Waals surface area contributed by atoms with E-state index in [0.717, 1.165) is 24.2 Å². The number of aliphatic hydroxyl groups excluding tert-OH is 2. The average Bonchev–Trinajstić information content (AvgIpc) is 3.22. The van der Waals surface area contributed by atoms with E-state index in [-0.39, 0.29) is 30.0 Å². The number of aliphatic hydroxyl groups is 2. The highest BCUT2D eigenvalue weighted by atomic mass is 16.7. The molecule has 4 fully saturated rings. The maximum Gasteiger partial charge on any atom is 0.172 e. The van der Waals surface area contributed by atoms with Gasteiger partial charge in [0, 0.05) is 37.2 Å². The summed E-state index contributed by atoms with van der Waals surface area (Å²) in [6.07, 6.45) is 3.04. The summed E-state index contributed by atoms with van der Waals surface area (Å²) in [5.74, 6) is 0.193. The van der Waals surface area contributed by atoms with Crippen LogP contribution in [-0.4, -0.2) is 52.3 Å². The van der Waals surface area contributed by atoms with Crippen LogP contribution < -0.4 is 0 Å². The summed E-state index contributed by atoms with van der Waals surface area (Å²) < 4.78 is 18.2. The van der Waals surface area contributed by atoms with Crippen molar-refractivity contribution in [3.05, 3.63) is 11.3 Å². The van der Waals surface area contributed by atoms with E-state index >= 15 is 0 Å². The number of ketones is 1. The standard InChI is InChI=1S/C19H28O6/c1-10(20)3-5-15-14(22)9-19(24-15)8-12-17(25-19)7-13(21)18(12)16-6-4-11(2)23-16/h10-12,14-15,17,20,22H,3-9H2,1-2H3/t10-,11-,12+,14+,15+,17+,19+/m1/s1. The van der Waals surface area contributed by atoms with Crippen LogP contribution in [0.3, 0.4) is 0 Å². The van der Waals surface area contributed by atoms with Gasteiger partial charge in [0.15, 0.2) is 11.6 Å². The lowest BCUT2D eigenvalue weighted by molar-refractivity contribution is -0.217. The van der Waals surface area contributed by atoms with Crippen molar-refractivity contribution in [2.24, 2.45) is 5.92 Å². The number of hydrogen-bond donors (Lipinski definition) is 2. The second-order valence-corrected chi connectivity index (χ2v) is 8.16. The fraction of sp³-hybridized carbons (Fsp3) is 0.842. The molecule has 25 heavy (non-hydrogen) atoms. The summed E-state index contributed by atoms with van der Waals surface area (Å²) in [6.45, 7) is 3.76. The zero-order valence-electron chi connectivity index (χ0n) is 14.9. The van der Waals surface area contributed by atoms with Crippen LogP contribution in [0.2, 0.25) is 0 Å². The van der Waals surface area contributed by atoms with Gasteiger partial charge in [-0.05, 0) is 33.1 Å². The highest BCUT2D eigenvalue weighted by Crippen LogP contribution is 2.53. The third kappa shape index (κ3) is 3.14. The van der Waals surface area contributed by atoms with Gasteiger partial charge < -0.3 is 24.4 Å². The van der Waals surface area contributed by atoms with Crippen molar-refractivity contribution in [3.8, 4) is 0 Å². The van der Waals surface area contributed by atoms with Gasteiger partial charge in [-0.2, -0.15) is 0 Å². The third-order valence-corrected chi connectivity index (χ3v) is 6.01. The number of hydrogen-bond acceptors (Lipinski definition) is 6. The first-order chi connectivity index (χ1) is 11.9. The molecular formula is C19H28O6.